The minimum absolute atomic E-state index is 0.0640. The fourth-order valence-electron chi connectivity index (χ4n) is 4.34. The Hall–Kier alpha value is -3.13. The second kappa shape index (κ2) is 9.34. The zero-order valence-corrected chi connectivity index (χ0v) is 17.9. The lowest BCUT2D eigenvalue weighted by Crippen LogP contribution is -2.45. The summed E-state index contributed by atoms with van der Waals surface area (Å²) in [5, 5.41) is 14.3. The predicted molar refractivity (Wildman–Crippen MR) is 122 cm³/mol. The number of para-hydroxylation sites is 1. The van der Waals surface area contributed by atoms with E-state index < -0.39 is 4.92 Å². The van der Waals surface area contributed by atoms with Crippen molar-refractivity contribution >= 4 is 23.0 Å². The maximum absolute atomic E-state index is 13.1. The molecule has 0 radical (unpaired) electrons. The Bertz CT molecular complexity index is 950. The number of piperazine rings is 1. The molecule has 2 saturated heterocycles. The van der Waals surface area contributed by atoms with E-state index in [0.717, 1.165) is 69.0 Å². The van der Waals surface area contributed by atoms with Crippen molar-refractivity contribution in [2.45, 2.75) is 19.4 Å². The van der Waals surface area contributed by atoms with E-state index in [-0.39, 0.29) is 11.6 Å². The maximum atomic E-state index is 13.1. The van der Waals surface area contributed by atoms with Crippen LogP contribution in [-0.2, 0) is 6.54 Å². The molecule has 2 aromatic rings. The highest BCUT2D eigenvalue weighted by molar-refractivity contribution is 6.00. The minimum Gasteiger partial charge on any atom is -0.371 e. The van der Waals surface area contributed by atoms with Crippen LogP contribution in [-0.4, -0.2) is 62.0 Å². The molecule has 0 unspecified atom stereocenters. The van der Waals surface area contributed by atoms with Crippen molar-refractivity contribution < 1.29 is 9.72 Å². The van der Waals surface area contributed by atoms with Gasteiger partial charge in [0.15, 0.2) is 0 Å². The molecule has 31 heavy (non-hydrogen) atoms. The van der Waals surface area contributed by atoms with Gasteiger partial charge in [-0.2, -0.15) is 0 Å². The molecule has 0 aliphatic carbocycles. The van der Waals surface area contributed by atoms with E-state index in [1.807, 2.05) is 18.2 Å². The quantitative estimate of drug-likeness (QED) is 0.568. The van der Waals surface area contributed by atoms with Crippen LogP contribution in [0.1, 0.15) is 28.8 Å². The summed E-state index contributed by atoms with van der Waals surface area (Å²) < 4.78 is 0. The van der Waals surface area contributed by atoms with Gasteiger partial charge in [0.2, 0.25) is 0 Å². The third-order valence-electron chi connectivity index (χ3n) is 6.16. The summed E-state index contributed by atoms with van der Waals surface area (Å²) in [6, 6.07) is 12.7. The summed E-state index contributed by atoms with van der Waals surface area (Å²) in [5.41, 5.74) is 3.26. The summed E-state index contributed by atoms with van der Waals surface area (Å²) in [4.78, 5) is 30.7. The van der Waals surface area contributed by atoms with Crippen LogP contribution in [0.3, 0.4) is 0 Å². The molecule has 2 aromatic carbocycles. The van der Waals surface area contributed by atoms with Gasteiger partial charge in [-0.05, 0) is 37.6 Å². The first kappa shape index (κ1) is 21.1. The number of hydrogen-bond donors (Lipinski definition) is 1. The van der Waals surface area contributed by atoms with E-state index in [2.05, 4.69) is 33.1 Å². The van der Waals surface area contributed by atoms with Gasteiger partial charge in [0, 0.05) is 63.6 Å². The first-order valence-electron chi connectivity index (χ1n) is 10.9. The number of nitrogens with one attached hydrogen (secondary N) is 1. The lowest BCUT2D eigenvalue weighted by Gasteiger charge is -2.35. The largest absolute Gasteiger partial charge is 0.371 e. The van der Waals surface area contributed by atoms with Crippen LogP contribution in [0, 0.1) is 10.1 Å². The van der Waals surface area contributed by atoms with E-state index in [0.29, 0.717) is 12.1 Å². The minimum atomic E-state index is -0.451. The van der Waals surface area contributed by atoms with E-state index >= 15 is 0 Å². The van der Waals surface area contributed by atoms with Gasteiger partial charge in [-0.3, -0.25) is 14.9 Å². The molecule has 2 aliphatic heterocycles. The number of non-ortho nitro benzene ring substituents is 1. The number of hydrogen-bond acceptors (Lipinski definition) is 6. The van der Waals surface area contributed by atoms with Crippen LogP contribution in [0.5, 0.6) is 0 Å². The van der Waals surface area contributed by atoms with Crippen LogP contribution in [0.4, 0.5) is 17.1 Å². The third kappa shape index (κ3) is 4.80. The normalized spacial score (nSPS) is 17.1. The SMILES string of the molecule is CN1CCN(c2ccccc2CNC(=O)c2cc([N+](=O)[O-])ccc2N2CCCC2)CC1. The van der Waals surface area contributed by atoms with Gasteiger partial charge in [0.25, 0.3) is 11.6 Å². The molecular formula is C23H29N5O3. The highest BCUT2D eigenvalue weighted by Crippen LogP contribution is 2.29. The van der Waals surface area contributed by atoms with Crippen molar-refractivity contribution in [3.8, 4) is 0 Å². The number of carbonyl (C=O) groups excluding carboxylic acids is 1. The van der Waals surface area contributed by atoms with Gasteiger partial charge >= 0.3 is 0 Å². The highest BCUT2D eigenvalue weighted by Gasteiger charge is 2.23. The van der Waals surface area contributed by atoms with E-state index in [1.165, 1.54) is 12.1 Å². The van der Waals surface area contributed by atoms with Gasteiger partial charge in [0.05, 0.1) is 16.2 Å². The Balaban J connectivity index is 1.53. The average Bonchev–Trinajstić information content (AvgIpc) is 3.32. The molecule has 0 spiro atoms. The molecule has 1 amide bonds. The zero-order chi connectivity index (χ0) is 21.8. The number of nitrogens with zero attached hydrogens (tertiary/aromatic N) is 4. The number of likely N-dealkylation sites (N-methyl/N-ethyl adjacent to an activating group) is 1. The Kier molecular flexibility index (Phi) is 6.36. The first-order valence-corrected chi connectivity index (χ1v) is 10.9. The van der Waals surface area contributed by atoms with Crippen molar-refractivity contribution in [3.05, 3.63) is 63.7 Å². The van der Waals surface area contributed by atoms with Crippen molar-refractivity contribution in [1.82, 2.24) is 10.2 Å². The monoisotopic (exact) mass is 423 g/mol. The number of carbonyl (C=O) groups is 1. The third-order valence-corrected chi connectivity index (χ3v) is 6.16. The van der Waals surface area contributed by atoms with Crippen LogP contribution in [0.15, 0.2) is 42.5 Å². The van der Waals surface area contributed by atoms with Crippen molar-refractivity contribution in [2.24, 2.45) is 0 Å². The molecule has 0 bridgehead atoms. The lowest BCUT2D eigenvalue weighted by molar-refractivity contribution is -0.384. The lowest BCUT2D eigenvalue weighted by atomic mass is 10.1. The van der Waals surface area contributed by atoms with Crippen molar-refractivity contribution in [3.63, 3.8) is 0 Å². The molecule has 2 aliphatic rings. The van der Waals surface area contributed by atoms with Gasteiger partial charge < -0.3 is 20.0 Å². The molecule has 0 atom stereocenters. The molecule has 1 N–H and O–H groups in total. The number of amides is 1. The summed E-state index contributed by atoms with van der Waals surface area (Å²) in [5.74, 6) is -0.279. The summed E-state index contributed by atoms with van der Waals surface area (Å²) in [6.45, 7) is 6.02. The Morgan fingerprint density at radius 3 is 2.35 bits per heavy atom. The summed E-state index contributed by atoms with van der Waals surface area (Å²) >= 11 is 0. The van der Waals surface area contributed by atoms with Crippen LogP contribution < -0.4 is 15.1 Å². The fraction of sp³-hybridized carbons (Fsp3) is 0.435. The van der Waals surface area contributed by atoms with Crippen LogP contribution in [0.2, 0.25) is 0 Å². The zero-order valence-electron chi connectivity index (χ0n) is 17.9. The maximum Gasteiger partial charge on any atom is 0.270 e. The molecule has 2 heterocycles. The molecule has 2 fully saturated rings. The summed E-state index contributed by atoms with van der Waals surface area (Å²) in [6.07, 6.45) is 2.13. The van der Waals surface area contributed by atoms with E-state index in [9.17, 15) is 14.9 Å². The number of nitro benzene ring substituents is 1. The van der Waals surface area contributed by atoms with Gasteiger partial charge in [0.1, 0.15) is 0 Å². The molecule has 4 rings (SSSR count). The predicted octanol–water partition coefficient (Wildman–Crippen LogP) is 2.88. The standard InChI is InChI=1S/C23H29N5O3/c1-25-12-14-27(15-13-25)21-7-3-2-6-18(21)17-24-23(29)20-16-19(28(30)31)8-9-22(20)26-10-4-5-11-26/h2-3,6-9,16H,4-5,10-15,17H2,1H3,(H,24,29). The topological polar surface area (TPSA) is 82.0 Å². The van der Waals surface area contributed by atoms with Crippen LogP contribution >= 0.6 is 0 Å². The van der Waals surface area contributed by atoms with Gasteiger partial charge in [-0.25, -0.2) is 0 Å². The molecule has 0 saturated carbocycles. The molecule has 8 nitrogen and oxygen atoms in total. The molecule has 164 valence electrons. The van der Waals surface area contributed by atoms with Crippen molar-refractivity contribution in [1.29, 1.82) is 0 Å². The highest BCUT2D eigenvalue weighted by atomic mass is 16.6. The Morgan fingerprint density at radius 1 is 0.968 bits per heavy atom. The number of anilines is 2. The Morgan fingerprint density at radius 2 is 1.65 bits per heavy atom. The Labute approximate surface area is 182 Å². The molecule has 0 aromatic heterocycles. The smallest absolute Gasteiger partial charge is 0.270 e. The van der Waals surface area contributed by atoms with E-state index in [1.54, 1.807) is 6.07 Å². The van der Waals surface area contributed by atoms with Crippen LogP contribution in [0.25, 0.3) is 0 Å². The number of benzene rings is 2. The molecule has 8 heteroatoms. The number of nitro groups is 1. The van der Waals surface area contributed by atoms with Gasteiger partial charge in [-0.1, -0.05) is 18.2 Å². The van der Waals surface area contributed by atoms with Crippen molar-refractivity contribution in [2.75, 3.05) is 56.1 Å². The number of rotatable bonds is 6. The summed E-state index contributed by atoms with van der Waals surface area (Å²) in [7, 11) is 2.13. The molecular weight excluding hydrogens is 394 g/mol. The first-order chi connectivity index (χ1) is 15.0. The van der Waals surface area contributed by atoms with Gasteiger partial charge in [-0.15, -0.1) is 0 Å². The van der Waals surface area contributed by atoms with E-state index in [4.69, 9.17) is 0 Å². The second-order valence-electron chi connectivity index (χ2n) is 8.25. The average molecular weight is 424 g/mol. The second-order valence-corrected chi connectivity index (χ2v) is 8.25. The fourth-order valence-corrected chi connectivity index (χ4v) is 4.34.